The van der Waals surface area contributed by atoms with E-state index in [1.807, 2.05) is 6.92 Å². The lowest BCUT2D eigenvalue weighted by atomic mass is 10.2. The molecule has 21 heavy (non-hydrogen) atoms. The molecule has 0 radical (unpaired) electrons. The van der Waals surface area contributed by atoms with Crippen LogP contribution in [-0.2, 0) is 4.79 Å². The summed E-state index contributed by atoms with van der Waals surface area (Å²) in [5.74, 6) is 0.284. The molecule has 0 aliphatic rings. The molecule has 0 atom stereocenters. The lowest BCUT2D eigenvalue weighted by Gasteiger charge is -2.11. The number of carbonyl (C=O) groups is 1. The van der Waals surface area contributed by atoms with Crippen LogP contribution >= 0.6 is 23.2 Å². The second-order valence-corrected chi connectivity index (χ2v) is 5.35. The summed E-state index contributed by atoms with van der Waals surface area (Å²) in [6, 6.07) is 10.1. The molecular weight excluding hydrogens is 311 g/mol. The maximum Gasteiger partial charge on any atom is 0.262 e. The Kier molecular flexibility index (Phi) is 4.94. The first-order valence-corrected chi connectivity index (χ1v) is 6.95. The standard InChI is InChI=1S/C15H14Cl2N2O2/c1-9-6-10(16)3-5-14(9)21-8-15(20)19-13-7-11(17)2-4-12(13)18/h2-7H,8,18H2,1H3,(H,19,20). The Morgan fingerprint density at radius 3 is 2.57 bits per heavy atom. The monoisotopic (exact) mass is 324 g/mol. The summed E-state index contributed by atoms with van der Waals surface area (Å²) in [5, 5.41) is 3.77. The van der Waals surface area contributed by atoms with E-state index in [9.17, 15) is 4.79 Å². The van der Waals surface area contributed by atoms with Gasteiger partial charge in [0.05, 0.1) is 11.4 Å². The van der Waals surface area contributed by atoms with E-state index in [0.717, 1.165) is 5.56 Å². The minimum Gasteiger partial charge on any atom is -0.483 e. The van der Waals surface area contributed by atoms with Crippen LogP contribution in [-0.4, -0.2) is 12.5 Å². The van der Waals surface area contributed by atoms with Gasteiger partial charge in [-0.05, 0) is 48.9 Å². The van der Waals surface area contributed by atoms with Crippen LogP contribution in [0.2, 0.25) is 10.0 Å². The van der Waals surface area contributed by atoms with Gasteiger partial charge in [-0.15, -0.1) is 0 Å². The molecule has 6 heteroatoms. The Morgan fingerprint density at radius 2 is 1.86 bits per heavy atom. The van der Waals surface area contributed by atoms with Gasteiger partial charge in [-0.3, -0.25) is 4.79 Å². The zero-order chi connectivity index (χ0) is 15.4. The third-order valence-electron chi connectivity index (χ3n) is 2.79. The molecule has 0 aromatic heterocycles. The van der Waals surface area contributed by atoms with E-state index in [0.29, 0.717) is 27.2 Å². The molecule has 0 fully saturated rings. The predicted octanol–water partition coefficient (Wildman–Crippen LogP) is 3.90. The van der Waals surface area contributed by atoms with Crippen molar-refractivity contribution in [3.05, 3.63) is 52.0 Å². The second-order valence-electron chi connectivity index (χ2n) is 4.48. The summed E-state index contributed by atoms with van der Waals surface area (Å²) in [4.78, 5) is 11.9. The lowest BCUT2D eigenvalue weighted by Crippen LogP contribution is -2.21. The second kappa shape index (κ2) is 6.70. The van der Waals surface area contributed by atoms with Crippen LogP contribution in [0.5, 0.6) is 5.75 Å². The summed E-state index contributed by atoms with van der Waals surface area (Å²) in [7, 11) is 0. The van der Waals surface area contributed by atoms with E-state index in [1.165, 1.54) is 0 Å². The molecule has 0 aliphatic heterocycles. The highest BCUT2D eigenvalue weighted by Gasteiger charge is 2.08. The normalized spacial score (nSPS) is 10.2. The van der Waals surface area contributed by atoms with Crippen LogP contribution in [0.1, 0.15) is 5.56 Å². The zero-order valence-electron chi connectivity index (χ0n) is 11.3. The zero-order valence-corrected chi connectivity index (χ0v) is 12.8. The van der Waals surface area contributed by atoms with Crippen LogP contribution in [0.3, 0.4) is 0 Å². The molecule has 0 aliphatic carbocycles. The Bertz CT molecular complexity index is 675. The number of halogens is 2. The van der Waals surface area contributed by atoms with Gasteiger partial charge in [0.2, 0.25) is 0 Å². The third kappa shape index (κ3) is 4.28. The average Bonchev–Trinajstić information content (AvgIpc) is 2.42. The van der Waals surface area contributed by atoms with E-state index in [-0.39, 0.29) is 12.5 Å². The topological polar surface area (TPSA) is 64.3 Å². The van der Waals surface area contributed by atoms with Gasteiger partial charge < -0.3 is 15.8 Å². The maximum absolute atomic E-state index is 11.9. The van der Waals surface area contributed by atoms with Crippen molar-refractivity contribution in [2.75, 3.05) is 17.7 Å². The minimum atomic E-state index is -0.321. The van der Waals surface area contributed by atoms with Gasteiger partial charge in [0.25, 0.3) is 5.91 Å². The van der Waals surface area contributed by atoms with Crippen molar-refractivity contribution in [2.24, 2.45) is 0 Å². The largest absolute Gasteiger partial charge is 0.483 e. The number of hydrogen-bond acceptors (Lipinski definition) is 3. The number of rotatable bonds is 4. The molecule has 3 N–H and O–H groups in total. The highest BCUT2D eigenvalue weighted by atomic mass is 35.5. The van der Waals surface area contributed by atoms with Gasteiger partial charge in [-0.1, -0.05) is 23.2 Å². The van der Waals surface area contributed by atoms with Crippen molar-refractivity contribution in [1.82, 2.24) is 0 Å². The molecule has 2 aromatic carbocycles. The molecule has 4 nitrogen and oxygen atoms in total. The van der Waals surface area contributed by atoms with Gasteiger partial charge in [0, 0.05) is 10.0 Å². The number of ether oxygens (including phenoxy) is 1. The van der Waals surface area contributed by atoms with Gasteiger partial charge in [0.15, 0.2) is 6.61 Å². The number of carbonyl (C=O) groups excluding carboxylic acids is 1. The summed E-state index contributed by atoms with van der Waals surface area (Å²) in [5.41, 5.74) is 7.52. The SMILES string of the molecule is Cc1cc(Cl)ccc1OCC(=O)Nc1cc(Cl)ccc1N. The van der Waals surface area contributed by atoms with Crippen molar-refractivity contribution in [1.29, 1.82) is 0 Å². The number of anilines is 2. The molecule has 0 spiro atoms. The maximum atomic E-state index is 11.9. The highest BCUT2D eigenvalue weighted by molar-refractivity contribution is 6.31. The van der Waals surface area contributed by atoms with Crippen molar-refractivity contribution in [3.63, 3.8) is 0 Å². The Hall–Kier alpha value is -1.91. The molecule has 0 unspecified atom stereocenters. The fraction of sp³-hybridized carbons (Fsp3) is 0.133. The number of amides is 1. The van der Waals surface area contributed by atoms with Crippen molar-refractivity contribution >= 4 is 40.5 Å². The fourth-order valence-electron chi connectivity index (χ4n) is 1.74. The van der Waals surface area contributed by atoms with Gasteiger partial charge in [-0.25, -0.2) is 0 Å². The van der Waals surface area contributed by atoms with E-state index >= 15 is 0 Å². The van der Waals surface area contributed by atoms with E-state index in [1.54, 1.807) is 36.4 Å². The van der Waals surface area contributed by atoms with Crippen molar-refractivity contribution < 1.29 is 9.53 Å². The van der Waals surface area contributed by atoms with Gasteiger partial charge in [0.1, 0.15) is 5.75 Å². The minimum absolute atomic E-state index is 0.131. The summed E-state index contributed by atoms with van der Waals surface area (Å²) in [6.07, 6.45) is 0. The van der Waals surface area contributed by atoms with Crippen LogP contribution in [0.4, 0.5) is 11.4 Å². The number of nitrogens with one attached hydrogen (secondary N) is 1. The Labute approximate surface area is 132 Å². The number of aryl methyl sites for hydroxylation is 1. The first kappa shape index (κ1) is 15.5. The van der Waals surface area contributed by atoms with Gasteiger partial charge in [-0.2, -0.15) is 0 Å². The number of nitrogens with two attached hydrogens (primary N) is 1. The first-order valence-electron chi connectivity index (χ1n) is 6.19. The van der Waals surface area contributed by atoms with Gasteiger partial charge >= 0.3 is 0 Å². The summed E-state index contributed by atoms with van der Waals surface area (Å²) < 4.78 is 5.45. The number of hydrogen-bond donors (Lipinski definition) is 2. The van der Waals surface area contributed by atoms with E-state index in [2.05, 4.69) is 5.32 Å². The molecular formula is C15H14Cl2N2O2. The molecule has 110 valence electrons. The number of benzene rings is 2. The molecule has 0 heterocycles. The van der Waals surface area contributed by atoms with Crippen LogP contribution in [0, 0.1) is 6.92 Å². The highest BCUT2D eigenvalue weighted by Crippen LogP contribution is 2.24. The van der Waals surface area contributed by atoms with Crippen LogP contribution < -0.4 is 15.8 Å². The predicted molar refractivity (Wildman–Crippen MR) is 86.2 cm³/mol. The summed E-state index contributed by atoms with van der Waals surface area (Å²) in [6.45, 7) is 1.72. The Balaban J connectivity index is 1.97. The van der Waals surface area contributed by atoms with Crippen molar-refractivity contribution in [2.45, 2.75) is 6.92 Å². The summed E-state index contributed by atoms with van der Waals surface area (Å²) >= 11 is 11.7. The quantitative estimate of drug-likeness (QED) is 0.838. The van der Waals surface area contributed by atoms with E-state index < -0.39 is 0 Å². The molecule has 1 amide bonds. The third-order valence-corrected chi connectivity index (χ3v) is 3.26. The molecule has 0 bridgehead atoms. The Morgan fingerprint density at radius 1 is 1.19 bits per heavy atom. The molecule has 0 saturated carbocycles. The molecule has 2 aromatic rings. The van der Waals surface area contributed by atoms with E-state index in [4.69, 9.17) is 33.7 Å². The molecule has 2 rings (SSSR count). The molecule has 0 saturated heterocycles. The fourth-order valence-corrected chi connectivity index (χ4v) is 2.14. The average molecular weight is 325 g/mol. The van der Waals surface area contributed by atoms with Crippen LogP contribution in [0.15, 0.2) is 36.4 Å². The van der Waals surface area contributed by atoms with Crippen LogP contribution in [0.25, 0.3) is 0 Å². The smallest absolute Gasteiger partial charge is 0.262 e. The van der Waals surface area contributed by atoms with Crippen molar-refractivity contribution in [3.8, 4) is 5.75 Å². The number of nitrogen functional groups attached to an aromatic ring is 1. The lowest BCUT2D eigenvalue weighted by molar-refractivity contribution is -0.118. The first-order chi connectivity index (χ1) is 9.95.